The van der Waals surface area contributed by atoms with Crippen molar-refractivity contribution < 1.29 is 4.21 Å². The molecule has 0 aliphatic carbocycles. The van der Waals surface area contributed by atoms with Crippen LogP contribution in [0.15, 0.2) is 24.3 Å². The van der Waals surface area contributed by atoms with E-state index < -0.39 is 10.8 Å². The molecule has 0 heterocycles. The average Bonchev–Trinajstić information content (AvgIpc) is 2.08. The Morgan fingerprint density at radius 3 is 2.77 bits per heavy atom. The van der Waals surface area contributed by atoms with Crippen LogP contribution in [0, 0.1) is 0 Å². The number of benzene rings is 1. The van der Waals surface area contributed by atoms with Gasteiger partial charge in [0.05, 0.1) is 11.4 Å². The van der Waals surface area contributed by atoms with Gasteiger partial charge in [0.2, 0.25) is 0 Å². The van der Waals surface area contributed by atoms with Gasteiger partial charge in [0.1, 0.15) is 0 Å². The summed E-state index contributed by atoms with van der Waals surface area (Å²) >= 11 is 0. The molecule has 0 fully saturated rings. The summed E-state index contributed by atoms with van der Waals surface area (Å²) in [5.74, 6) is 0.647. The molecule has 0 saturated heterocycles. The van der Waals surface area contributed by atoms with Gasteiger partial charge in [-0.25, -0.2) is 0 Å². The summed E-state index contributed by atoms with van der Waals surface area (Å²) in [7, 11) is -0.749. The maximum atomic E-state index is 10.8. The van der Waals surface area contributed by atoms with Gasteiger partial charge in [-0.2, -0.15) is 0 Å². The Labute approximate surface area is 80.8 Å². The fourth-order valence-electron chi connectivity index (χ4n) is 0.987. The van der Waals surface area contributed by atoms with Crippen molar-refractivity contribution >= 4 is 22.2 Å². The van der Waals surface area contributed by atoms with E-state index in [9.17, 15) is 4.21 Å². The second-order valence-corrected chi connectivity index (χ2v) is 4.35. The van der Waals surface area contributed by atoms with Gasteiger partial charge in [0.25, 0.3) is 0 Å². The second-order valence-electron chi connectivity index (χ2n) is 2.79. The van der Waals surface area contributed by atoms with Crippen molar-refractivity contribution in [2.75, 3.05) is 29.6 Å². The summed E-state index contributed by atoms with van der Waals surface area (Å²) in [6, 6.07) is 7.55. The van der Waals surface area contributed by atoms with Crippen molar-refractivity contribution in [3.8, 4) is 0 Å². The maximum Gasteiger partial charge on any atom is 0.0574 e. The molecule has 1 unspecified atom stereocenters. The van der Waals surface area contributed by atoms with Crippen molar-refractivity contribution in [1.82, 2.24) is 0 Å². The van der Waals surface area contributed by atoms with E-state index in [2.05, 4.69) is 5.32 Å². The minimum Gasteiger partial charge on any atom is -0.397 e. The molecule has 1 rings (SSSR count). The van der Waals surface area contributed by atoms with Crippen LogP contribution in [0.5, 0.6) is 0 Å². The molecule has 0 bridgehead atoms. The Morgan fingerprint density at radius 1 is 1.46 bits per heavy atom. The first-order chi connectivity index (χ1) is 6.20. The van der Waals surface area contributed by atoms with Crippen molar-refractivity contribution in [3.05, 3.63) is 24.3 Å². The van der Waals surface area contributed by atoms with Crippen LogP contribution >= 0.6 is 0 Å². The number of hydrogen-bond acceptors (Lipinski definition) is 3. The molecule has 0 spiro atoms. The molecule has 1 aromatic carbocycles. The van der Waals surface area contributed by atoms with E-state index in [1.807, 2.05) is 24.3 Å². The smallest absolute Gasteiger partial charge is 0.0574 e. The monoisotopic (exact) mass is 198 g/mol. The van der Waals surface area contributed by atoms with Crippen molar-refractivity contribution in [2.45, 2.75) is 0 Å². The van der Waals surface area contributed by atoms with E-state index in [1.165, 1.54) is 0 Å². The molecular formula is C9H14N2OS. The van der Waals surface area contributed by atoms with Gasteiger partial charge in [0.15, 0.2) is 0 Å². The normalized spacial score (nSPS) is 12.4. The summed E-state index contributed by atoms with van der Waals surface area (Å²) < 4.78 is 10.8. The topological polar surface area (TPSA) is 55.1 Å². The van der Waals surface area contributed by atoms with Crippen molar-refractivity contribution in [3.63, 3.8) is 0 Å². The first kappa shape index (κ1) is 10.1. The van der Waals surface area contributed by atoms with E-state index >= 15 is 0 Å². The Morgan fingerprint density at radius 2 is 2.15 bits per heavy atom. The zero-order chi connectivity index (χ0) is 9.68. The van der Waals surface area contributed by atoms with Crippen LogP contribution in [-0.2, 0) is 10.8 Å². The predicted octanol–water partition coefficient (Wildman–Crippen LogP) is 1.06. The maximum absolute atomic E-state index is 10.8. The van der Waals surface area contributed by atoms with Gasteiger partial charge in [0, 0.05) is 29.4 Å². The SMILES string of the molecule is CS(=O)CCNc1ccccc1N. The van der Waals surface area contributed by atoms with E-state index in [0.29, 0.717) is 12.3 Å². The highest BCUT2D eigenvalue weighted by Crippen LogP contribution is 2.15. The van der Waals surface area contributed by atoms with Crippen molar-refractivity contribution in [1.29, 1.82) is 0 Å². The lowest BCUT2D eigenvalue weighted by molar-refractivity contribution is 0.687. The highest BCUT2D eigenvalue weighted by atomic mass is 32.2. The van der Waals surface area contributed by atoms with Gasteiger partial charge in [-0.1, -0.05) is 12.1 Å². The summed E-state index contributed by atoms with van der Waals surface area (Å²) in [5.41, 5.74) is 7.34. The fraction of sp³-hybridized carbons (Fsp3) is 0.333. The molecule has 3 N–H and O–H groups in total. The quantitative estimate of drug-likeness (QED) is 0.711. The Balaban J connectivity index is 2.45. The number of hydrogen-bond donors (Lipinski definition) is 2. The van der Waals surface area contributed by atoms with E-state index in [4.69, 9.17) is 5.73 Å². The first-order valence-electron chi connectivity index (χ1n) is 4.08. The zero-order valence-electron chi connectivity index (χ0n) is 7.62. The number of nitrogens with one attached hydrogen (secondary N) is 1. The standard InChI is InChI=1S/C9H14N2OS/c1-13(12)7-6-11-9-5-3-2-4-8(9)10/h2-5,11H,6-7,10H2,1H3. The molecule has 0 saturated carbocycles. The van der Waals surface area contributed by atoms with Gasteiger partial charge in [-0.05, 0) is 12.1 Å². The number of para-hydroxylation sites is 2. The summed E-state index contributed by atoms with van der Waals surface area (Å²) in [4.78, 5) is 0. The van der Waals surface area contributed by atoms with Crippen LogP contribution in [-0.4, -0.2) is 22.8 Å². The predicted molar refractivity (Wildman–Crippen MR) is 58.3 cm³/mol. The van der Waals surface area contributed by atoms with Gasteiger partial charge in [-0.15, -0.1) is 0 Å². The van der Waals surface area contributed by atoms with E-state index in [0.717, 1.165) is 11.4 Å². The molecule has 0 aliphatic rings. The third kappa shape index (κ3) is 3.46. The Hall–Kier alpha value is -1.03. The molecule has 4 heteroatoms. The van der Waals surface area contributed by atoms with Crippen LogP contribution in [0.25, 0.3) is 0 Å². The highest BCUT2D eigenvalue weighted by molar-refractivity contribution is 7.84. The highest BCUT2D eigenvalue weighted by Gasteiger charge is 1.96. The lowest BCUT2D eigenvalue weighted by atomic mass is 10.3. The summed E-state index contributed by atoms with van der Waals surface area (Å²) in [6.07, 6.45) is 1.69. The Bertz CT molecular complexity index is 301. The van der Waals surface area contributed by atoms with Crippen LogP contribution in [0.1, 0.15) is 0 Å². The molecule has 72 valence electrons. The second kappa shape index (κ2) is 4.87. The fourth-order valence-corrected chi connectivity index (χ4v) is 1.38. The molecule has 0 radical (unpaired) electrons. The van der Waals surface area contributed by atoms with Crippen LogP contribution in [0.3, 0.4) is 0 Å². The molecule has 1 atom stereocenters. The molecule has 3 nitrogen and oxygen atoms in total. The van der Waals surface area contributed by atoms with Crippen LogP contribution in [0.4, 0.5) is 11.4 Å². The molecule has 13 heavy (non-hydrogen) atoms. The molecule has 0 amide bonds. The third-order valence-electron chi connectivity index (χ3n) is 1.67. The number of rotatable bonds is 4. The first-order valence-corrected chi connectivity index (χ1v) is 5.81. The molecule has 0 aliphatic heterocycles. The van der Waals surface area contributed by atoms with Crippen LogP contribution < -0.4 is 11.1 Å². The van der Waals surface area contributed by atoms with E-state index in [-0.39, 0.29) is 0 Å². The van der Waals surface area contributed by atoms with Gasteiger partial charge >= 0.3 is 0 Å². The minimum atomic E-state index is -0.749. The van der Waals surface area contributed by atoms with Crippen molar-refractivity contribution in [2.24, 2.45) is 0 Å². The number of nitrogen functional groups attached to an aromatic ring is 1. The lowest BCUT2D eigenvalue weighted by Crippen LogP contribution is -2.10. The zero-order valence-corrected chi connectivity index (χ0v) is 8.43. The van der Waals surface area contributed by atoms with E-state index in [1.54, 1.807) is 6.26 Å². The largest absolute Gasteiger partial charge is 0.397 e. The Kier molecular flexibility index (Phi) is 3.76. The summed E-state index contributed by atoms with van der Waals surface area (Å²) in [5, 5.41) is 3.13. The average molecular weight is 198 g/mol. The number of nitrogens with two attached hydrogens (primary N) is 1. The van der Waals surface area contributed by atoms with Gasteiger partial charge < -0.3 is 11.1 Å². The summed E-state index contributed by atoms with van der Waals surface area (Å²) in [6.45, 7) is 0.692. The molecule has 1 aromatic rings. The minimum absolute atomic E-state index is 0.647. The number of anilines is 2. The molecular weight excluding hydrogens is 184 g/mol. The van der Waals surface area contributed by atoms with Gasteiger partial charge in [-0.3, -0.25) is 4.21 Å². The lowest BCUT2D eigenvalue weighted by Gasteiger charge is -2.07. The molecule has 0 aromatic heterocycles. The van der Waals surface area contributed by atoms with Crippen LogP contribution in [0.2, 0.25) is 0 Å². The third-order valence-corrected chi connectivity index (χ3v) is 2.44.